The van der Waals surface area contributed by atoms with Crippen molar-refractivity contribution in [3.63, 3.8) is 0 Å². The summed E-state index contributed by atoms with van der Waals surface area (Å²) in [5.41, 5.74) is 0.00181. The molecule has 6 nitrogen and oxygen atoms in total. The van der Waals surface area contributed by atoms with Crippen molar-refractivity contribution in [3.05, 3.63) is 54.1 Å². The predicted octanol–water partition coefficient (Wildman–Crippen LogP) is 2.77. The number of carbonyl (C=O) groups is 1. The summed E-state index contributed by atoms with van der Waals surface area (Å²) in [7, 11) is -2.34. The molecule has 1 N–H and O–H groups in total. The second-order valence-corrected chi connectivity index (χ2v) is 7.41. The lowest BCUT2D eigenvalue weighted by molar-refractivity contribution is -0.116. The monoisotopic (exact) mass is 384 g/mol. The van der Waals surface area contributed by atoms with E-state index in [1.54, 1.807) is 12.1 Å². The van der Waals surface area contributed by atoms with Crippen LogP contribution in [0.1, 0.15) is 6.92 Å². The molecule has 0 fully saturated rings. The number of rotatable bonds is 6. The van der Waals surface area contributed by atoms with E-state index in [0.29, 0.717) is 11.8 Å². The molecule has 2 aromatic rings. The van der Waals surface area contributed by atoms with Gasteiger partial charge in [0.15, 0.2) is 0 Å². The van der Waals surface area contributed by atoms with E-state index in [4.69, 9.17) is 4.74 Å². The molecule has 0 aliphatic heterocycles. The smallest absolute Gasteiger partial charge is 0.248 e. The molecular formula is C17H18F2N2O4S. The van der Waals surface area contributed by atoms with Crippen molar-refractivity contribution < 1.29 is 26.7 Å². The molecule has 0 bridgehead atoms. The first-order valence-electron chi connectivity index (χ1n) is 7.53. The third-order valence-corrected chi connectivity index (χ3v) is 4.85. The van der Waals surface area contributed by atoms with E-state index in [9.17, 15) is 22.0 Å². The summed E-state index contributed by atoms with van der Waals surface area (Å²) in [5, 5.41) is 2.27. The van der Waals surface area contributed by atoms with Crippen LogP contribution in [-0.2, 0) is 14.8 Å². The quantitative estimate of drug-likeness (QED) is 0.831. The largest absolute Gasteiger partial charge is 0.497 e. The van der Waals surface area contributed by atoms with E-state index in [0.717, 1.165) is 22.7 Å². The molecule has 140 valence electrons. The van der Waals surface area contributed by atoms with Gasteiger partial charge in [0.05, 0.1) is 24.7 Å². The van der Waals surface area contributed by atoms with Gasteiger partial charge in [-0.3, -0.25) is 9.10 Å². The number of nitrogens with zero attached hydrogens (tertiary/aromatic N) is 1. The summed E-state index contributed by atoms with van der Waals surface area (Å²) < 4.78 is 57.0. The molecule has 0 aromatic heterocycles. The molecule has 0 radical (unpaired) electrons. The highest BCUT2D eigenvalue weighted by atomic mass is 32.2. The highest BCUT2D eigenvalue weighted by Gasteiger charge is 2.29. The Morgan fingerprint density at radius 2 is 1.77 bits per heavy atom. The number of sulfonamides is 1. The van der Waals surface area contributed by atoms with Crippen LogP contribution in [0.4, 0.5) is 20.2 Å². The Bertz CT molecular complexity index is 901. The maximum Gasteiger partial charge on any atom is 0.248 e. The molecule has 9 heteroatoms. The van der Waals surface area contributed by atoms with Crippen LogP contribution in [-0.4, -0.2) is 33.7 Å². The number of methoxy groups -OCH3 is 1. The molecule has 0 saturated heterocycles. The molecule has 1 atom stereocenters. The Morgan fingerprint density at radius 3 is 2.27 bits per heavy atom. The molecule has 0 spiro atoms. The van der Waals surface area contributed by atoms with E-state index in [1.165, 1.54) is 26.2 Å². The number of halogens is 2. The van der Waals surface area contributed by atoms with Crippen LogP contribution in [0, 0.1) is 11.6 Å². The molecule has 2 rings (SSSR count). The van der Waals surface area contributed by atoms with Crippen molar-refractivity contribution in [2.75, 3.05) is 23.0 Å². The van der Waals surface area contributed by atoms with Crippen LogP contribution in [0.3, 0.4) is 0 Å². The maximum absolute atomic E-state index is 13.7. The van der Waals surface area contributed by atoms with Gasteiger partial charge in [-0.25, -0.2) is 17.2 Å². The van der Waals surface area contributed by atoms with Crippen LogP contribution in [0.2, 0.25) is 0 Å². The van der Waals surface area contributed by atoms with Crippen molar-refractivity contribution in [3.8, 4) is 5.75 Å². The van der Waals surface area contributed by atoms with Crippen LogP contribution in [0.5, 0.6) is 5.75 Å². The summed E-state index contributed by atoms with van der Waals surface area (Å²) in [6.45, 7) is 1.36. The highest BCUT2D eigenvalue weighted by Crippen LogP contribution is 2.24. The number of nitrogens with one attached hydrogen (secondary N) is 1. The number of amides is 1. The molecule has 0 heterocycles. The minimum atomic E-state index is -3.81. The van der Waals surface area contributed by atoms with E-state index in [2.05, 4.69) is 5.32 Å². The van der Waals surface area contributed by atoms with Gasteiger partial charge < -0.3 is 10.1 Å². The average Bonchev–Trinajstić information content (AvgIpc) is 2.56. The Morgan fingerprint density at radius 1 is 1.15 bits per heavy atom. The van der Waals surface area contributed by atoms with Crippen molar-refractivity contribution in [2.24, 2.45) is 0 Å². The van der Waals surface area contributed by atoms with Crippen molar-refractivity contribution in [2.45, 2.75) is 13.0 Å². The third-order valence-electron chi connectivity index (χ3n) is 3.60. The minimum Gasteiger partial charge on any atom is -0.497 e. The van der Waals surface area contributed by atoms with Crippen molar-refractivity contribution >= 4 is 27.3 Å². The summed E-state index contributed by atoms with van der Waals surface area (Å²) >= 11 is 0. The molecule has 2 aromatic carbocycles. The molecule has 0 aliphatic carbocycles. The SMILES string of the molecule is COc1ccc(N([C@H](C)C(=O)Nc2ccc(F)cc2F)S(C)(=O)=O)cc1. The van der Waals surface area contributed by atoms with Crippen molar-refractivity contribution in [1.29, 1.82) is 0 Å². The van der Waals surface area contributed by atoms with Gasteiger partial charge in [0.25, 0.3) is 0 Å². The summed E-state index contributed by atoms with van der Waals surface area (Å²) in [6.07, 6.45) is 0.958. The minimum absolute atomic E-state index is 0.244. The topological polar surface area (TPSA) is 75.7 Å². The Kier molecular flexibility index (Phi) is 5.81. The lowest BCUT2D eigenvalue weighted by Gasteiger charge is -2.28. The first-order chi connectivity index (χ1) is 12.1. The van der Waals surface area contributed by atoms with E-state index >= 15 is 0 Å². The van der Waals surface area contributed by atoms with E-state index in [1.807, 2.05) is 0 Å². The first kappa shape index (κ1) is 19.6. The van der Waals surface area contributed by atoms with Crippen LogP contribution in [0.15, 0.2) is 42.5 Å². The van der Waals surface area contributed by atoms with Gasteiger partial charge in [-0.1, -0.05) is 0 Å². The first-order valence-corrected chi connectivity index (χ1v) is 9.37. The molecule has 0 aliphatic rings. The van der Waals surface area contributed by atoms with Gasteiger partial charge in [-0.05, 0) is 43.3 Å². The van der Waals surface area contributed by atoms with Gasteiger partial charge >= 0.3 is 0 Å². The molecule has 0 saturated carbocycles. The summed E-state index contributed by atoms with van der Waals surface area (Å²) in [4.78, 5) is 12.4. The highest BCUT2D eigenvalue weighted by molar-refractivity contribution is 7.92. The summed E-state index contributed by atoms with van der Waals surface area (Å²) in [5.74, 6) is -1.99. The fraction of sp³-hybridized carbons (Fsp3) is 0.235. The van der Waals surface area contributed by atoms with Crippen LogP contribution in [0.25, 0.3) is 0 Å². The zero-order chi connectivity index (χ0) is 19.5. The third kappa shape index (κ3) is 4.48. The normalized spacial score (nSPS) is 12.3. The maximum atomic E-state index is 13.7. The Labute approximate surface area is 150 Å². The lowest BCUT2D eigenvalue weighted by Crippen LogP contribution is -2.45. The Balaban J connectivity index is 2.30. The Hall–Kier alpha value is -2.68. The fourth-order valence-corrected chi connectivity index (χ4v) is 3.54. The van der Waals surface area contributed by atoms with Gasteiger partial charge in [0, 0.05) is 6.07 Å². The van der Waals surface area contributed by atoms with Gasteiger partial charge in [-0.15, -0.1) is 0 Å². The number of hydrogen-bond acceptors (Lipinski definition) is 4. The van der Waals surface area contributed by atoms with Gasteiger partial charge in [0.2, 0.25) is 15.9 Å². The number of hydrogen-bond donors (Lipinski definition) is 1. The second-order valence-electron chi connectivity index (χ2n) is 5.55. The number of carbonyl (C=O) groups excluding carboxylic acids is 1. The van der Waals surface area contributed by atoms with Crippen LogP contribution >= 0.6 is 0 Å². The summed E-state index contributed by atoms with van der Waals surface area (Å²) in [6, 6.07) is 7.58. The zero-order valence-corrected chi connectivity index (χ0v) is 15.2. The van der Waals surface area contributed by atoms with Gasteiger partial charge in [-0.2, -0.15) is 0 Å². The molecule has 0 unspecified atom stereocenters. The molecule has 26 heavy (non-hydrogen) atoms. The van der Waals surface area contributed by atoms with E-state index < -0.39 is 33.6 Å². The molecule has 1 amide bonds. The lowest BCUT2D eigenvalue weighted by atomic mass is 10.2. The predicted molar refractivity (Wildman–Crippen MR) is 94.8 cm³/mol. The van der Waals surface area contributed by atoms with Crippen LogP contribution < -0.4 is 14.4 Å². The second kappa shape index (κ2) is 7.69. The standard InChI is InChI=1S/C17H18F2N2O4S/c1-11(17(22)20-16-9-4-12(18)10-15(16)19)21(26(3,23)24)13-5-7-14(25-2)8-6-13/h4-11H,1-3H3,(H,20,22)/t11-/m1/s1. The zero-order valence-electron chi connectivity index (χ0n) is 14.4. The number of anilines is 2. The van der Waals surface area contributed by atoms with E-state index in [-0.39, 0.29) is 11.4 Å². The average molecular weight is 384 g/mol. The molecular weight excluding hydrogens is 366 g/mol. The number of ether oxygens (including phenoxy) is 1. The van der Waals surface area contributed by atoms with Crippen molar-refractivity contribution in [1.82, 2.24) is 0 Å². The number of benzene rings is 2. The van der Waals surface area contributed by atoms with Gasteiger partial charge in [0.1, 0.15) is 23.4 Å². The fourth-order valence-electron chi connectivity index (χ4n) is 2.37.